The predicted molar refractivity (Wildman–Crippen MR) is 138 cm³/mol. The lowest BCUT2D eigenvalue weighted by molar-refractivity contribution is -0.124. The largest absolute Gasteiger partial charge is 0.462 e. The minimum Gasteiger partial charge on any atom is -0.462 e. The number of nitrogens with zero attached hydrogens (tertiary/aromatic N) is 2. The molecule has 1 atom stereocenters. The van der Waals surface area contributed by atoms with Gasteiger partial charge in [0, 0.05) is 17.8 Å². The molecule has 0 radical (unpaired) electrons. The van der Waals surface area contributed by atoms with E-state index < -0.39 is 65.6 Å². The minimum atomic E-state index is -2.00. The number of hydrogen-bond acceptors (Lipinski definition) is 5. The van der Waals surface area contributed by atoms with Crippen molar-refractivity contribution in [1.82, 2.24) is 4.90 Å². The van der Waals surface area contributed by atoms with Crippen LogP contribution in [-0.2, 0) is 20.9 Å². The second kappa shape index (κ2) is 11.6. The van der Waals surface area contributed by atoms with Gasteiger partial charge in [0.1, 0.15) is 6.04 Å². The zero-order chi connectivity index (χ0) is 28.3. The molecule has 1 N–H and O–H groups in total. The summed E-state index contributed by atoms with van der Waals surface area (Å²) in [5.74, 6) is -8.99. The Morgan fingerprint density at radius 1 is 0.974 bits per heavy atom. The summed E-state index contributed by atoms with van der Waals surface area (Å²) in [6.45, 7) is 1.26. The number of nitrogens with one attached hydrogen (secondary N) is 1. The van der Waals surface area contributed by atoms with Gasteiger partial charge in [-0.1, -0.05) is 18.2 Å². The molecule has 0 aromatic heterocycles. The number of halogens is 4. The molecular weight excluding hydrogens is 538 g/mol. The number of carbonyl (C=O) groups excluding carboxylic acids is 3. The van der Waals surface area contributed by atoms with Crippen LogP contribution in [0.2, 0.25) is 0 Å². The predicted octanol–water partition coefficient (Wildman–Crippen LogP) is 4.95. The summed E-state index contributed by atoms with van der Waals surface area (Å²) in [5, 5.41) is 2.47. The average Bonchev–Trinajstić information content (AvgIpc) is 3.15. The summed E-state index contributed by atoms with van der Waals surface area (Å²) in [5.41, 5.74) is 0.376. The first kappa shape index (κ1) is 27.7. The van der Waals surface area contributed by atoms with Gasteiger partial charge >= 0.3 is 5.97 Å². The van der Waals surface area contributed by atoms with E-state index in [1.807, 2.05) is 0 Å². The molecule has 1 heterocycles. The van der Waals surface area contributed by atoms with Crippen molar-refractivity contribution in [1.29, 1.82) is 0 Å². The number of anilines is 2. The molecule has 0 spiro atoms. The van der Waals surface area contributed by atoms with Crippen molar-refractivity contribution >= 4 is 46.5 Å². The highest BCUT2D eigenvalue weighted by Gasteiger charge is 2.44. The third-order valence-electron chi connectivity index (χ3n) is 5.91. The lowest BCUT2D eigenvalue weighted by Gasteiger charge is -2.24. The van der Waals surface area contributed by atoms with Crippen LogP contribution in [0.1, 0.15) is 29.3 Å². The van der Waals surface area contributed by atoms with E-state index in [2.05, 4.69) is 5.32 Å². The highest BCUT2D eigenvalue weighted by molar-refractivity contribution is 7.80. The molecule has 1 aliphatic rings. The Kier molecular flexibility index (Phi) is 8.24. The molecule has 3 aromatic carbocycles. The Hall–Kier alpha value is -4.32. The number of ether oxygens (including phenoxy) is 1. The van der Waals surface area contributed by atoms with Crippen LogP contribution < -0.4 is 10.2 Å². The number of benzene rings is 3. The van der Waals surface area contributed by atoms with E-state index in [1.165, 1.54) is 24.3 Å². The highest BCUT2D eigenvalue weighted by atomic mass is 32.1. The van der Waals surface area contributed by atoms with E-state index in [-0.39, 0.29) is 17.3 Å². The van der Waals surface area contributed by atoms with Crippen molar-refractivity contribution in [3.8, 4) is 0 Å². The maximum Gasteiger partial charge on any atom is 0.338 e. The van der Waals surface area contributed by atoms with E-state index >= 15 is 0 Å². The van der Waals surface area contributed by atoms with Gasteiger partial charge in [0.25, 0.3) is 5.91 Å². The summed E-state index contributed by atoms with van der Waals surface area (Å²) in [6.07, 6.45) is -0.463. The normalized spacial score (nSPS) is 15.1. The number of hydrogen-bond donors (Lipinski definition) is 1. The number of thiocarbonyl (C=S) groups is 1. The zero-order valence-electron chi connectivity index (χ0n) is 20.4. The standard InChI is InChI=1S/C27H21F4N3O4S/c1-2-38-26(37)15-8-10-17(11-9-15)32-21(35)13-20-25(36)34(18-6-4-3-5-7-18)27(39)33(20)14-16-12-19(28)23(30)24(31)22(16)29/h3-12,20H,2,13-14H2,1H3,(H,32,35)/t20-/m1/s1. The average molecular weight is 560 g/mol. The van der Waals surface area contributed by atoms with Gasteiger partial charge in [-0.15, -0.1) is 0 Å². The van der Waals surface area contributed by atoms with Gasteiger partial charge in [-0.3, -0.25) is 14.5 Å². The topological polar surface area (TPSA) is 78.9 Å². The molecule has 0 saturated carbocycles. The fraction of sp³-hybridized carbons (Fsp3) is 0.185. The molecule has 7 nitrogen and oxygen atoms in total. The summed E-state index contributed by atoms with van der Waals surface area (Å²) in [7, 11) is 0. The molecule has 2 amide bonds. The summed E-state index contributed by atoms with van der Waals surface area (Å²) >= 11 is 5.45. The van der Waals surface area contributed by atoms with E-state index in [9.17, 15) is 31.9 Å². The molecule has 39 heavy (non-hydrogen) atoms. The third kappa shape index (κ3) is 5.75. The van der Waals surface area contributed by atoms with Gasteiger partial charge in [-0.05, 0) is 61.6 Å². The fourth-order valence-electron chi connectivity index (χ4n) is 4.04. The highest BCUT2D eigenvalue weighted by Crippen LogP contribution is 2.30. The number of para-hydroxylation sites is 1. The van der Waals surface area contributed by atoms with Crippen LogP contribution in [0.15, 0.2) is 60.7 Å². The molecule has 0 bridgehead atoms. The Balaban J connectivity index is 1.59. The molecule has 1 fully saturated rings. The van der Waals surface area contributed by atoms with Crippen molar-refractivity contribution in [2.45, 2.75) is 25.9 Å². The van der Waals surface area contributed by atoms with Crippen molar-refractivity contribution < 1.29 is 36.7 Å². The summed E-state index contributed by atoms with van der Waals surface area (Å²) < 4.78 is 60.7. The van der Waals surface area contributed by atoms with Crippen LogP contribution in [-0.4, -0.2) is 40.4 Å². The molecule has 1 saturated heterocycles. The molecule has 12 heteroatoms. The second-order valence-corrected chi connectivity index (χ2v) is 8.81. The number of amides is 2. The van der Waals surface area contributed by atoms with Gasteiger partial charge < -0.3 is 15.0 Å². The molecular formula is C27H21F4N3O4S. The van der Waals surface area contributed by atoms with E-state index in [1.54, 1.807) is 37.3 Å². The van der Waals surface area contributed by atoms with Crippen LogP contribution in [0.5, 0.6) is 0 Å². The Morgan fingerprint density at radius 3 is 2.28 bits per heavy atom. The number of carbonyl (C=O) groups is 3. The molecule has 202 valence electrons. The van der Waals surface area contributed by atoms with Crippen LogP contribution in [0.25, 0.3) is 0 Å². The Labute approximate surface area is 226 Å². The van der Waals surface area contributed by atoms with Crippen LogP contribution >= 0.6 is 12.2 Å². The first-order chi connectivity index (χ1) is 18.6. The summed E-state index contributed by atoms with van der Waals surface area (Å²) in [6, 6.07) is 13.3. The van der Waals surface area contributed by atoms with E-state index in [4.69, 9.17) is 17.0 Å². The Morgan fingerprint density at radius 2 is 1.64 bits per heavy atom. The Bertz CT molecular complexity index is 1440. The van der Waals surface area contributed by atoms with Gasteiger partial charge in [0.05, 0.1) is 24.3 Å². The van der Waals surface area contributed by atoms with Crippen LogP contribution in [0.4, 0.5) is 28.9 Å². The van der Waals surface area contributed by atoms with Gasteiger partial charge in [-0.2, -0.15) is 0 Å². The maximum atomic E-state index is 14.5. The first-order valence-electron chi connectivity index (χ1n) is 11.7. The molecule has 0 aliphatic carbocycles. The van der Waals surface area contributed by atoms with Gasteiger partial charge in [-0.25, -0.2) is 22.4 Å². The van der Waals surface area contributed by atoms with Crippen LogP contribution in [0, 0.1) is 23.3 Å². The van der Waals surface area contributed by atoms with Gasteiger partial charge in [0.15, 0.2) is 28.4 Å². The maximum absolute atomic E-state index is 14.5. The zero-order valence-corrected chi connectivity index (χ0v) is 21.2. The minimum absolute atomic E-state index is 0.132. The van der Waals surface area contributed by atoms with E-state index in [0.717, 1.165) is 9.80 Å². The van der Waals surface area contributed by atoms with Crippen molar-refractivity contribution in [2.24, 2.45) is 0 Å². The molecule has 4 rings (SSSR count). The molecule has 3 aromatic rings. The quantitative estimate of drug-likeness (QED) is 0.138. The third-order valence-corrected chi connectivity index (χ3v) is 6.33. The smallest absolute Gasteiger partial charge is 0.338 e. The fourth-order valence-corrected chi connectivity index (χ4v) is 4.43. The lowest BCUT2D eigenvalue weighted by Crippen LogP contribution is -2.37. The van der Waals surface area contributed by atoms with Crippen LogP contribution in [0.3, 0.4) is 0 Å². The SMILES string of the molecule is CCOC(=O)c1ccc(NC(=O)C[C@@H]2C(=O)N(c3ccccc3)C(=S)N2Cc2cc(F)c(F)c(F)c2F)cc1. The number of esters is 1. The molecule has 1 aliphatic heterocycles. The van der Waals surface area contributed by atoms with Gasteiger partial charge in [0.2, 0.25) is 5.91 Å². The van der Waals surface area contributed by atoms with Crippen molar-refractivity contribution in [2.75, 3.05) is 16.8 Å². The monoisotopic (exact) mass is 559 g/mol. The lowest BCUT2D eigenvalue weighted by atomic mass is 10.1. The van der Waals surface area contributed by atoms with E-state index in [0.29, 0.717) is 17.4 Å². The van der Waals surface area contributed by atoms with Crippen molar-refractivity contribution in [3.63, 3.8) is 0 Å². The first-order valence-corrected chi connectivity index (χ1v) is 12.1. The summed E-state index contributed by atoms with van der Waals surface area (Å²) in [4.78, 5) is 40.5. The van der Waals surface area contributed by atoms with Crippen molar-refractivity contribution in [3.05, 3.63) is 95.1 Å². The molecule has 0 unspecified atom stereocenters. The second-order valence-electron chi connectivity index (χ2n) is 8.45. The number of rotatable bonds is 8.